The quantitative estimate of drug-likeness (QED) is 0.889. The van der Waals surface area contributed by atoms with Crippen molar-refractivity contribution in [3.8, 4) is 11.5 Å². The molecule has 2 heterocycles. The Labute approximate surface area is 126 Å². The molecule has 3 rings (SSSR count). The minimum Gasteiger partial charge on any atom is -0.454 e. The van der Waals surface area contributed by atoms with Crippen LogP contribution in [0.4, 0.5) is 0 Å². The maximum Gasteiger partial charge on any atom is 0.252 e. The summed E-state index contributed by atoms with van der Waals surface area (Å²) in [4.78, 5) is 11.8. The standard InChI is InChI=1S/C15H15NO4S/c17-12(3-5-16-15(18)11-4-6-21-8-11)10-1-2-13-14(7-10)20-9-19-13/h1-2,4,6-8,12,17H,3,5,9H2,(H,16,18)/t12-/m0/s1. The lowest BCUT2D eigenvalue weighted by Crippen LogP contribution is -2.25. The van der Waals surface area contributed by atoms with Crippen molar-refractivity contribution in [1.29, 1.82) is 0 Å². The van der Waals surface area contributed by atoms with E-state index in [4.69, 9.17) is 9.47 Å². The van der Waals surface area contributed by atoms with E-state index in [1.807, 2.05) is 5.38 Å². The summed E-state index contributed by atoms with van der Waals surface area (Å²) in [5.74, 6) is 1.22. The van der Waals surface area contributed by atoms with E-state index in [1.54, 1.807) is 29.6 Å². The summed E-state index contributed by atoms with van der Waals surface area (Å²) in [5.41, 5.74) is 1.40. The van der Waals surface area contributed by atoms with E-state index in [1.165, 1.54) is 11.3 Å². The molecule has 1 aliphatic rings. The normalized spacial score (nSPS) is 14.0. The highest BCUT2D eigenvalue weighted by atomic mass is 32.1. The Morgan fingerprint density at radius 2 is 2.19 bits per heavy atom. The lowest BCUT2D eigenvalue weighted by atomic mass is 10.1. The average molecular weight is 305 g/mol. The van der Waals surface area contributed by atoms with Crippen LogP contribution >= 0.6 is 11.3 Å². The van der Waals surface area contributed by atoms with Gasteiger partial charge in [0.2, 0.25) is 6.79 Å². The topological polar surface area (TPSA) is 67.8 Å². The summed E-state index contributed by atoms with van der Waals surface area (Å²) in [6.45, 7) is 0.621. The third kappa shape index (κ3) is 3.17. The van der Waals surface area contributed by atoms with E-state index in [0.717, 1.165) is 5.56 Å². The Bertz CT molecular complexity index is 627. The summed E-state index contributed by atoms with van der Waals surface area (Å²) in [7, 11) is 0. The Morgan fingerprint density at radius 3 is 3.00 bits per heavy atom. The molecule has 1 amide bonds. The van der Waals surface area contributed by atoms with Crippen LogP contribution in [0.5, 0.6) is 11.5 Å². The molecule has 0 bridgehead atoms. The maximum absolute atomic E-state index is 11.8. The molecule has 0 saturated carbocycles. The van der Waals surface area contributed by atoms with Gasteiger partial charge in [0.05, 0.1) is 6.10 Å². The van der Waals surface area contributed by atoms with Crippen LogP contribution in [0.15, 0.2) is 35.0 Å². The molecule has 1 aromatic carbocycles. The monoisotopic (exact) mass is 305 g/mol. The van der Waals surface area contributed by atoms with E-state index in [9.17, 15) is 9.90 Å². The molecule has 0 saturated heterocycles. The molecule has 0 fully saturated rings. The van der Waals surface area contributed by atoms with Crippen LogP contribution in [0.25, 0.3) is 0 Å². The van der Waals surface area contributed by atoms with Crippen LogP contribution < -0.4 is 14.8 Å². The van der Waals surface area contributed by atoms with Gasteiger partial charge in [-0.15, -0.1) is 0 Å². The molecule has 0 aliphatic carbocycles. The highest BCUT2D eigenvalue weighted by molar-refractivity contribution is 7.08. The highest BCUT2D eigenvalue weighted by Crippen LogP contribution is 2.34. The second-order valence-corrected chi connectivity index (χ2v) is 5.47. The Balaban J connectivity index is 1.52. The van der Waals surface area contributed by atoms with Gasteiger partial charge >= 0.3 is 0 Å². The molecule has 5 nitrogen and oxygen atoms in total. The third-order valence-corrected chi connectivity index (χ3v) is 3.95. The molecule has 2 aromatic rings. The van der Waals surface area contributed by atoms with E-state index < -0.39 is 6.10 Å². The van der Waals surface area contributed by atoms with Gasteiger partial charge in [0.15, 0.2) is 11.5 Å². The number of amides is 1. The van der Waals surface area contributed by atoms with E-state index >= 15 is 0 Å². The van der Waals surface area contributed by atoms with Crippen molar-refractivity contribution >= 4 is 17.2 Å². The molecule has 21 heavy (non-hydrogen) atoms. The minimum atomic E-state index is -0.651. The van der Waals surface area contributed by atoms with Gasteiger partial charge < -0.3 is 19.9 Å². The number of thiophene rings is 1. The predicted molar refractivity (Wildman–Crippen MR) is 78.8 cm³/mol. The van der Waals surface area contributed by atoms with Crippen molar-refractivity contribution in [2.45, 2.75) is 12.5 Å². The highest BCUT2D eigenvalue weighted by Gasteiger charge is 2.16. The van der Waals surface area contributed by atoms with Gasteiger partial charge in [0.1, 0.15) is 0 Å². The average Bonchev–Trinajstić information content (AvgIpc) is 3.17. The van der Waals surface area contributed by atoms with Gasteiger partial charge in [0, 0.05) is 17.5 Å². The third-order valence-electron chi connectivity index (χ3n) is 3.27. The van der Waals surface area contributed by atoms with Crippen LogP contribution in [-0.2, 0) is 0 Å². The molecular weight excluding hydrogens is 290 g/mol. The number of rotatable bonds is 5. The van der Waals surface area contributed by atoms with Crippen molar-refractivity contribution in [3.63, 3.8) is 0 Å². The summed E-state index contributed by atoms with van der Waals surface area (Å²) in [6.07, 6.45) is -0.211. The SMILES string of the molecule is O=C(NCC[C@H](O)c1ccc2c(c1)OCO2)c1ccsc1. The lowest BCUT2D eigenvalue weighted by Gasteiger charge is -2.12. The smallest absolute Gasteiger partial charge is 0.252 e. The fraction of sp³-hybridized carbons (Fsp3) is 0.267. The lowest BCUT2D eigenvalue weighted by molar-refractivity contribution is 0.0943. The first kappa shape index (κ1) is 13.9. The minimum absolute atomic E-state index is 0.117. The van der Waals surface area contributed by atoms with Gasteiger partial charge in [-0.25, -0.2) is 0 Å². The Kier molecular flexibility index (Phi) is 4.08. The van der Waals surface area contributed by atoms with Gasteiger partial charge in [-0.3, -0.25) is 4.79 Å². The van der Waals surface area contributed by atoms with E-state index in [0.29, 0.717) is 30.0 Å². The number of carbonyl (C=O) groups is 1. The summed E-state index contributed by atoms with van der Waals surface area (Å²) in [5, 5.41) is 16.6. The fourth-order valence-electron chi connectivity index (χ4n) is 2.11. The second kappa shape index (κ2) is 6.15. The van der Waals surface area contributed by atoms with Crippen LogP contribution in [-0.4, -0.2) is 24.4 Å². The molecule has 1 aromatic heterocycles. The fourth-order valence-corrected chi connectivity index (χ4v) is 2.74. The van der Waals surface area contributed by atoms with E-state index in [-0.39, 0.29) is 12.7 Å². The molecule has 0 spiro atoms. The molecule has 0 radical (unpaired) electrons. The number of hydrogen-bond donors (Lipinski definition) is 2. The van der Waals surface area contributed by atoms with Crippen molar-refractivity contribution in [2.24, 2.45) is 0 Å². The van der Waals surface area contributed by atoms with Gasteiger partial charge in [-0.05, 0) is 35.6 Å². The molecule has 1 atom stereocenters. The molecule has 0 unspecified atom stereocenters. The van der Waals surface area contributed by atoms with Gasteiger partial charge in [-0.2, -0.15) is 11.3 Å². The first-order chi connectivity index (χ1) is 10.2. The zero-order valence-electron chi connectivity index (χ0n) is 11.2. The second-order valence-electron chi connectivity index (χ2n) is 4.69. The first-order valence-electron chi connectivity index (χ1n) is 6.62. The maximum atomic E-state index is 11.8. The largest absolute Gasteiger partial charge is 0.454 e. The number of ether oxygens (including phenoxy) is 2. The Morgan fingerprint density at radius 1 is 1.33 bits per heavy atom. The van der Waals surface area contributed by atoms with Crippen LogP contribution in [0.1, 0.15) is 28.4 Å². The summed E-state index contributed by atoms with van der Waals surface area (Å²) < 4.78 is 10.5. The number of benzene rings is 1. The zero-order chi connectivity index (χ0) is 14.7. The van der Waals surface area contributed by atoms with Crippen LogP contribution in [0.2, 0.25) is 0 Å². The van der Waals surface area contributed by atoms with E-state index in [2.05, 4.69) is 5.32 Å². The first-order valence-corrected chi connectivity index (χ1v) is 7.56. The molecule has 1 aliphatic heterocycles. The predicted octanol–water partition coefficient (Wildman–Crippen LogP) is 2.33. The van der Waals surface area contributed by atoms with Gasteiger partial charge in [-0.1, -0.05) is 6.07 Å². The number of aliphatic hydroxyl groups excluding tert-OH is 1. The molecule has 6 heteroatoms. The van der Waals surface area contributed by atoms with Crippen molar-refractivity contribution in [2.75, 3.05) is 13.3 Å². The van der Waals surface area contributed by atoms with Crippen molar-refractivity contribution < 1.29 is 19.4 Å². The van der Waals surface area contributed by atoms with Crippen LogP contribution in [0.3, 0.4) is 0 Å². The number of nitrogens with one attached hydrogen (secondary N) is 1. The molecule has 110 valence electrons. The number of carbonyl (C=O) groups excluding carboxylic acids is 1. The summed E-state index contributed by atoms with van der Waals surface area (Å²) >= 11 is 1.48. The molecular formula is C15H15NO4S. The zero-order valence-corrected chi connectivity index (χ0v) is 12.1. The number of aliphatic hydroxyl groups is 1. The number of hydrogen-bond acceptors (Lipinski definition) is 5. The Hall–Kier alpha value is -2.05. The van der Waals surface area contributed by atoms with Crippen LogP contribution in [0, 0.1) is 0 Å². The van der Waals surface area contributed by atoms with Gasteiger partial charge in [0.25, 0.3) is 5.91 Å². The summed E-state index contributed by atoms with van der Waals surface area (Å²) in [6, 6.07) is 7.13. The molecule has 2 N–H and O–H groups in total. The van der Waals surface area contributed by atoms with Crippen molar-refractivity contribution in [3.05, 3.63) is 46.2 Å². The number of fused-ring (bicyclic) bond motifs is 1. The van der Waals surface area contributed by atoms with Crippen molar-refractivity contribution in [1.82, 2.24) is 5.32 Å².